The van der Waals surface area contributed by atoms with E-state index in [1.165, 1.54) is 4.68 Å². The van der Waals surface area contributed by atoms with Crippen LogP contribution in [-0.2, 0) is 18.7 Å². The Morgan fingerprint density at radius 2 is 1.93 bits per heavy atom. The van der Waals surface area contributed by atoms with Crippen molar-refractivity contribution in [3.05, 3.63) is 76.5 Å². The third kappa shape index (κ3) is 3.46. The topological polar surface area (TPSA) is 65.6 Å². The van der Waals surface area contributed by atoms with Crippen molar-refractivity contribution in [2.45, 2.75) is 43.1 Å². The Morgan fingerprint density at radius 3 is 2.76 bits per heavy atom. The van der Waals surface area contributed by atoms with E-state index in [2.05, 4.69) is 20.7 Å². The number of aromatic nitrogens is 5. The van der Waals surface area contributed by atoms with Gasteiger partial charge in [0.05, 0.1) is 5.69 Å². The lowest BCUT2D eigenvalue weighted by atomic mass is 10.1. The predicted molar refractivity (Wildman–Crippen MR) is 114 cm³/mol. The molecule has 29 heavy (non-hydrogen) atoms. The molecule has 2 aromatic rings. The number of nitrogens with zero attached hydrogens (tertiary/aromatic N) is 5. The van der Waals surface area contributed by atoms with Crippen LogP contribution in [0.15, 0.2) is 64.8 Å². The number of para-hydroxylation sites is 1. The molecule has 0 atom stereocenters. The highest BCUT2D eigenvalue weighted by Crippen LogP contribution is 2.31. The monoisotopic (exact) mass is 403 g/mol. The zero-order chi connectivity index (χ0) is 19.6. The maximum absolute atomic E-state index is 13.2. The summed E-state index contributed by atoms with van der Waals surface area (Å²) in [4.78, 5) is 22.3. The maximum atomic E-state index is 13.2. The number of fused-ring (bicyclic) bond motifs is 3. The van der Waals surface area contributed by atoms with Gasteiger partial charge in [0, 0.05) is 30.4 Å². The van der Waals surface area contributed by atoms with E-state index in [4.69, 9.17) is 4.98 Å². The second-order valence-corrected chi connectivity index (χ2v) is 8.15. The number of hydrogen-bond acceptors (Lipinski definition) is 5. The van der Waals surface area contributed by atoms with Crippen LogP contribution in [0.25, 0.3) is 17.1 Å². The largest absolute Gasteiger partial charge is 0.324 e. The van der Waals surface area contributed by atoms with Crippen LogP contribution >= 0.6 is 11.8 Å². The van der Waals surface area contributed by atoms with Crippen LogP contribution in [0.4, 0.5) is 0 Å². The third-order valence-electron chi connectivity index (χ3n) is 5.26. The fourth-order valence-corrected chi connectivity index (χ4v) is 4.81. The van der Waals surface area contributed by atoms with Crippen molar-refractivity contribution in [1.29, 1.82) is 0 Å². The molecule has 0 spiro atoms. The quantitative estimate of drug-likeness (QED) is 0.381. The zero-order valence-electron chi connectivity index (χ0n) is 16.0. The van der Waals surface area contributed by atoms with Crippen LogP contribution in [0.5, 0.6) is 0 Å². The van der Waals surface area contributed by atoms with Crippen LogP contribution in [0, 0.1) is 0 Å². The van der Waals surface area contributed by atoms with Gasteiger partial charge in [0.1, 0.15) is 5.56 Å². The first kappa shape index (κ1) is 18.1. The molecule has 0 bridgehead atoms. The smallest absolute Gasteiger partial charge is 0.284 e. The highest BCUT2D eigenvalue weighted by Gasteiger charge is 2.27. The molecule has 1 aromatic carbocycles. The van der Waals surface area contributed by atoms with Gasteiger partial charge < -0.3 is 4.57 Å². The van der Waals surface area contributed by atoms with Gasteiger partial charge in [-0.2, -0.15) is 4.68 Å². The van der Waals surface area contributed by atoms with Gasteiger partial charge >= 0.3 is 0 Å². The van der Waals surface area contributed by atoms with E-state index in [0.29, 0.717) is 11.4 Å². The molecule has 0 radical (unpaired) electrons. The second-order valence-electron chi connectivity index (χ2n) is 7.20. The lowest BCUT2D eigenvalue weighted by molar-refractivity contribution is 0.571. The lowest BCUT2D eigenvalue weighted by Gasteiger charge is -2.17. The number of benzene rings is 1. The van der Waals surface area contributed by atoms with E-state index in [1.54, 1.807) is 18.0 Å². The summed E-state index contributed by atoms with van der Waals surface area (Å²) in [5.74, 6) is 1.33. The molecule has 146 valence electrons. The maximum Gasteiger partial charge on any atom is 0.284 e. The molecule has 1 aromatic heterocycles. The summed E-state index contributed by atoms with van der Waals surface area (Å²) in [6.07, 6.45) is 7.90. The Hall–Kier alpha value is -2.93. The molecule has 3 aliphatic heterocycles. The lowest BCUT2D eigenvalue weighted by Crippen LogP contribution is -2.19. The normalized spacial score (nSPS) is 13.9. The molecule has 0 amide bonds. The Bertz CT molecular complexity index is 1150. The van der Waals surface area contributed by atoms with Crippen LogP contribution in [0.1, 0.15) is 30.5 Å². The van der Waals surface area contributed by atoms with Crippen molar-refractivity contribution in [3.63, 3.8) is 0 Å². The Labute approximate surface area is 173 Å². The molecule has 4 heterocycles. The molecule has 6 nitrogen and oxygen atoms in total. The standard InChI is InChI=1S/C22H21N5OS/c28-21-19-18-11-5-2-6-13-26(18)22(29-15-16-8-7-12-23-14-16)24-20(19)25-27(21)17-9-3-1-4-10-17/h1,3-4,7-10,12,14H,2,5-6,11,13,15H2. The molecule has 0 saturated heterocycles. The number of thioether (sulfide) groups is 1. The highest BCUT2D eigenvalue weighted by atomic mass is 32.2. The molecule has 0 aliphatic carbocycles. The van der Waals surface area contributed by atoms with E-state index < -0.39 is 0 Å². The number of rotatable bonds is 4. The SMILES string of the molecule is O=c1c2c3n(c(SCc4cccnc4)nc-2nn1-c1ccccc1)CCCCC3. The van der Waals surface area contributed by atoms with Crippen LogP contribution in [0.2, 0.25) is 0 Å². The summed E-state index contributed by atoms with van der Waals surface area (Å²) in [5, 5.41) is 5.52. The van der Waals surface area contributed by atoms with E-state index in [9.17, 15) is 4.79 Å². The first-order valence-corrected chi connectivity index (χ1v) is 10.9. The van der Waals surface area contributed by atoms with Crippen LogP contribution in [-0.4, -0.2) is 24.3 Å². The highest BCUT2D eigenvalue weighted by molar-refractivity contribution is 7.98. The average molecular weight is 404 g/mol. The molecular weight excluding hydrogens is 382 g/mol. The molecule has 3 aliphatic rings. The van der Waals surface area contributed by atoms with Gasteiger partial charge in [-0.25, -0.2) is 4.98 Å². The van der Waals surface area contributed by atoms with Crippen LogP contribution < -0.4 is 5.56 Å². The minimum Gasteiger partial charge on any atom is -0.324 e. The first-order chi connectivity index (χ1) is 14.3. The summed E-state index contributed by atoms with van der Waals surface area (Å²) in [7, 11) is 0. The van der Waals surface area contributed by atoms with Crippen molar-refractivity contribution in [3.8, 4) is 17.1 Å². The molecule has 0 unspecified atom stereocenters. The van der Waals surface area contributed by atoms with Gasteiger partial charge in [0.15, 0.2) is 11.0 Å². The van der Waals surface area contributed by atoms with Crippen molar-refractivity contribution in [2.24, 2.45) is 0 Å². The summed E-state index contributed by atoms with van der Waals surface area (Å²) >= 11 is 1.68. The molecular formula is C22H21N5OS. The first-order valence-electron chi connectivity index (χ1n) is 9.91. The van der Waals surface area contributed by atoms with Crippen molar-refractivity contribution < 1.29 is 0 Å². The van der Waals surface area contributed by atoms with Crippen molar-refractivity contribution in [2.75, 3.05) is 0 Å². The minimum absolute atomic E-state index is 0.0758. The van der Waals surface area contributed by atoms with E-state index in [-0.39, 0.29) is 5.56 Å². The van der Waals surface area contributed by atoms with Gasteiger partial charge in [-0.1, -0.05) is 42.4 Å². The average Bonchev–Trinajstić information content (AvgIpc) is 2.93. The number of pyridine rings is 1. The second kappa shape index (κ2) is 7.83. The van der Waals surface area contributed by atoms with Gasteiger partial charge in [0.2, 0.25) is 0 Å². The third-order valence-corrected chi connectivity index (χ3v) is 6.31. The Balaban J connectivity index is 1.63. The zero-order valence-corrected chi connectivity index (χ0v) is 16.8. The number of hydrogen-bond donors (Lipinski definition) is 0. The van der Waals surface area contributed by atoms with Crippen LogP contribution in [0.3, 0.4) is 0 Å². The van der Waals surface area contributed by atoms with E-state index in [1.807, 2.05) is 42.6 Å². The fourth-order valence-electron chi connectivity index (χ4n) is 3.84. The summed E-state index contributed by atoms with van der Waals surface area (Å²) in [6.45, 7) is 0.892. The van der Waals surface area contributed by atoms with E-state index in [0.717, 1.165) is 60.1 Å². The molecule has 7 heteroatoms. The molecule has 5 rings (SSSR count). The fraction of sp³-hybridized carbons (Fsp3) is 0.273. The summed E-state index contributed by atoms with van der Waals surface area (Å²) in [5.41, 5.74) is 3.59. The predicted octanol–water partition coefficient (Wildman–Crippen LogP) is 3.95. The molecule has 0 saturated carbocycles. The van der Waals surface area contributed by atoms with E-state index >= 15 is 0 Å². The van der Waals surface area contributed by atoms with Gasteiger partial charge in [-0.3, -0.25) is 9.78 Å². The summed E-state index contributed by atoms with van der Waals surface area (Å²) < 4.78 is 3.73. The Kier molecular flexibility index (Phi) is 4.89. The molecule has 0 fully saturated rings. The molecule has 0 N–H and O–H groups in total. The Morgan fingerprint density at radius 1 is 1.03 bits per heavy atom. The van der Waals surface area contributed by atoms with Crippen molar-refractivity contribution >= 4 is 11.8 Å². The van der Waals surface area contributed by atoms with Crippen molar-refractivity contribution in [1.82, 2.24) is 24.3 Å². The van der Waals surface area contributed by atoms with Gasteiger partial charge in [0.25, 0.3) is 5.56 Å². The van der Waals surface area contributed by atoms with Gasteiger partial charge in [-0.05, 0) is 43.0 Å². The summed E-state index contributed by atoms with van der Waals surface area (Å²) in [6, 6.07) is 13.6. The van der Waals surface area contributed by atoms with Gasteiger partial charge in [-0.15, -0.1) is 5.10 Å². The minimum atomic E-state index is -0.0758.